The molecule has 4 aromatic carbocycles. The molecule has 1 fully saturated rings. The lowest BCUT2D eigenvalue weighted by Gasteiger charge is -2.42. The van der Waals surface area contributed by atoms with Crippen LogP contribution in [0.2, 0.25) is 0 Å². The van der Waals surface area contributed by atoms with Gasteiger partial charge >= 0.3 is 0 Å². The highest BCUT2D eigenvalue weighted by atomic mass is 35.5. The van der Waals surface area contributed by atoms with Crippen LogP contribution in [0.25, 0.3) is 0 Å². The number of carbonyl (C=O) groups is 1. The maximum Gasteiger partial charge on any atom is 0.238 e. The maximum atomic E-state index is 14.4. The molecule has 2 heterocycles. The van der Waals surface area contributed by atoms with Crippen LogP contribution < -0.4 is 23.8 Å². The summed E-state index contributed by atoms with van der Waals surface area (Å²) in [6.45, 7) is 5.14. The van der Waals surface area contributed by atoms with E-state index in [1.54, 1.807) is 26.2 Å². The Hall–Kier alpha value is -3.99. The van der Waals surface area contributed by atoms with E-state index in [-0.39, 0.29) is 37.3 Å². The first-order chi connectivity index (χ1) is 24.3. The van der Waals surface area contributed by atoms with E-state index in [9.17, 15) is 9.90 Å². The van der Waals surface area contributed by atoms with Gasteiger partial charge in [0.05, 0.1) is 26.7 Å². The van der Waals surface area contributed by atoms with Crippen molar-refractivity contribution < 1.29 is 28.8 Å². The number of aliphatic hydroxyl groups is 1. The number of rotatable bonds is 14. The van der Waals surface area contributed by atoms with Gasteiger partial charge in [-0.05, 0) is 60.2 Å². The molecule has 280 valence electrons. The average molecular weight is 753 g/mol. The molecule has 6 rings (SSSR count). The van der Waals surface area contributed by atoms with Crippen molar-refractivity contribution >= 4 is 36.4 Å². The largest absolute Gasteiger partial charge is 0.493 e. The SMILES string of the molecule is COc1cc(CCN2CCN(CC(O)COc3ccccc3C3(Cc4ccccc4)Cc4ccccc4N(C)C3=O)CC2)cc(OC)c1OC.Cl.Cl. The van der Waals surface area contributed by atoms with E-state index in [1.807, 2.05) is 79.8 Å². The Morgan fingerprint density at radius 3 is 2.04 bits per heavy atom. The highest BCUT2D eigenvalue weighted by molar-refractivity contribution is 6.04. The van der Waals surface area contributed by atoms with Crippen LogP contribution in [-0.4, -0.2) is 101 Å². The molecule has 4 aromatic rings. The van der Waals surface area contributed by atoms with Crippen molar-refractivity contribution in [3.05, 3.63) is 113 Å². The Balaban J connectivity index is 0.00000302. The van der Waals surface area contributed by atoms with Crippen LogP contribution in [-0.2, 0) is 29.5 Å². The highest BCUT2D eigenvalue weighted by Crippen LogP contribution is 2.45. The fourth-order valence-electron chi connectivity index (χ4n) is 7.49. The fourth-order valence-corrected chi connectivity index (χ4v) is 7.49. The number of carbonyl (C=O) groups excluding carboxylic acids is 1. The fraction of sp³-hybridized carbons (Fsp3) is 0.390. The Labute approximate surface area is 320 Å². The average Bonchev–Trinajstić information content (AvgIpc) is 3.15. The normalized spacial score (nSPS) is 18.0. The number of halogens is 2. The van der Waals surface area contributed by atoms with Crippen LogP contribution in [0.5, 0.6) is 23.0 Å². The Morgan fingerprint density at radius 1 is 0.750 bits per heavy atom. The summed E-state index contributed by atoms with van der Waals surface area (Å²) in [5, 5.41) is 11.2. The third kappa shape index (κ3) is 8.96. The van der Waals surface area contributed by atoms with E-state index in [4.69, 9.17) is 18.9 Å². The molecule has 1 amide bonds. The zero-order chi connectivity index (χ0) is 35.1. The van der Waals surface area contributed by atoms with E-state index in [1.165, 1.54) is 0 Å². The van der Waals surface area contributed by atoms with Gasteiger partial charge in [0.15, 0.2) is 11.5 Å². The Morgan fingerprint density at radius 2 is 1.37 bits per heavy atom. The predicted molar refractivity (Wildman–Crippen MR) is 211 cm³/mol. The summed E-state index contributed by atoms with van der Waals surface area (Å²) in [6.07, 6.45) is 1.29. The van der Waals surface area contributed by atoms with Crippen LogP contribution in [0.3, 0.4) is 0 Å². The van der Waals surface area contributed by atoms with E-state index < -0.39 is 11.5 Å². The van der Waals surface area contributed by atoms with Gasteiger partial charge in [-0.2, -0.15) is 0 Å². The summed E-state index contributed by atoms with van der Waals surface area (Å²) in [6, 6.07) is 30.2. The van der Waals surface area contributed by atoms with Crippen molar-refractivity contribution in [2.24, 2.45) is 0 Å². The quantitative estimate of drug-likeness (QED) is 0.172. The monoisotopic (exact) mass is 751 g/mol. The van der Waals surface area contributed by atoms with Crippen molar-refractivity contribution in [1.29, 1.82) is 0 Å². The van der Waals surface area contributed by atoms with E-state index >= 15 is 0 Å². The lowest BCUT2D eigenvalue weighted by Crippen LogP contribution is -2.52. The summed E-state index contributed by atoms with van der Waals surface area (Å²) < 4.78 is 22.9. The zero-order valence-electron chi connectivity index (χ0n) is 30.5. The summed E-state index contributed by atoms with van der Waals surface area (Å²) in [5.74, 6) is 2.62. The van der Waals surface area contributed by atoms with Crippen LogP contribution in [0.15, 0.2) is 91.0 Å². The predicted octanol–water partition coefficient (Wildman–Crippen LogP) is 5.86. The molecular weight excluding hydrogens is 701 g/mol. The third-order valence-electron chi connectivity index (χ3n) is 10.1. The number of nitrogens with zero attached hydrogens (tertiary/aromatic N) is 3. The Bertz CT molecular complexity index is 1730. The van der Waals surface area contributed by atoms with Gasteiger partial charge in [0.1, 0.15) is 18.5 Å². The van der Waals surface area contributed by atoms with Gasteiger partial charge in [0.25, 0.3) is 0 Å². The molecule has 2 unspecified atom stereocenters. The summed E-state index contributed by atoms with van der Waals surface area (Å²) >= 11 is 0. The third-order valence-corrected chi connectivity index (χ3v) is 10.1. The minimum atomic E-state index is -0.857. The minimum absolute atomic E-state index is 0. The molecule has 1 N–H and O–H groups in total. The molecule has 11 heteroatoms. The number of β-amino-alcohol motifs (C(OH)–C–C–N with tert-alkyl or cyclic N) is 1. The summed E-state index contributed by atoms with van der Waals surface area (Å²) in [7, 11) is 6.75. The first-order valence-electron chi connectivity index (χ1n) is 17.4. The molecule has 1 saturated heterocycles. The second-order valence-corrected chi connectivity index (χ2v) is 13.3. The van der Waals surface area contributed by atoms with Crippen molar-refractivity contribution in [3.63, 3.8) is 0 Å². The molecule has 52 heavy (non-hydrogen) atoms. The number of likely N-dealkylation sites (N-methyl/N-ethyl adjacent to an activating group) is 1. The van der Waals surface area contributed by atoms with Gasteiger partial charge in [0, 0.05) is 57.6 Å². The number of methoxy groups -OCH3 is 3. The van der Waals surface area contributed by atoms with Gasteiger partial charge in [-0.1, -0.05) is 66.7 Å². The molecule has 2 aliphatic rings. The van der Waals surface area contributed by atoms with Crippen molar-refractivity contribution in [3.8, 4) is 23.0 Å². The number of hydrogen-bond acceptors (Lipinski definition) is 8. The molecule has 0 aromatic heterocycles. The van der Waals surface area contributed by atoms with Gasteiger partial charge in [-0.3, -0.25) is 9.69 Å². The van der Waals surface area contributed by atoms with Crippen molar-refractivity contribution in [2.45, 2.75) is 30.8 Å². The second kappa shape index (κ2) is 18.7. The van der Waals surface area contributed by atoms with Crippen molar-refractivity contribution in [2.75, 3.05) is 79.2 Å². The first kappa shape index (κ1) is 40.8. The van der Waals surface area contributed by atoms with Crippen LogP contribution in [0.4, 0.5) is 5.69 Å². The molecular formula is C41H51Cl2N3O6. The number of ether oxygens (including phenoxy) is 4. The van der Waals surface area contributed by atoms with Gasteiger partial charge in [-0.15, -0.1) is 24.8 Å². The number of aliphatic hydroxyl groups excluding tert-OH is 1. The number of piperazine rings is 1. The van der Waals surface area contributed by atoms with Gasteiger partial charge < -0.3 is 33.9 Å². The molecule has 9 nitrogen and oxygen atoms in total. The molecule has 0 saturated carbocycles. The van der Waals surface area contributed by atoms with Crippen molar-refractivity contribution in [1.82, 2.24) is 9.80 Å². The number of hydrogen-bond donors (Lipinski definition) is 1. The number of amides is 1. The molecule has 2 aliphatic heterocycles. The molecule has 0 aliphatic carbocycles. The highest BCUT2D eigenvalue weighted by Gasteiger charge is 2.48. The molecule has 0 radical (unpaired) electrons. The first-order valence-corrected chi connectivity index (χ1v) is 17.4. The lowest BCUT2D eigenvalue weighted by molar-refractivity contribution is -0.124. The molecule has 0 spiro atoms. The van der Waals surface area contributed by atoms with E-state index in [0.29, 0.717) is 42.4 Å². The number of benzene rings is 4. The van der Waals surface area contributed by atoms with E-state index in [2.05, 4.69) is 28.0 Å². The van der Waals surface area contributed by atoms with Crippen LogP contribution in [0.1, 0.15) is 22.3 Å². The van der Waals surface area contributed by atoms with Crippen LogP contribution >= 0.6 is 24.8 Å². The number of anilines is 1. The minimum Gasteiger partial charge on any atom is -0.493 e. The number of para-hydroxylation sites is 2. The smallest absolute Gasteiger partial charge is 0.238 e. The lowest BCUT2D eigenvalue weighted by atomic mass is 9.68. The zero-order valence-corrected chi connectivity index (χ0v) is 32.1. The van der Waals surface area contributed by atoms with Crippen LogP contribution in [0, 0.1) is 0 Å². The van der Waals surface area contributed by atoms with E-state index in [0.717, 1.165) is 67.1 Å². The maximum absolute atomic E-state index is 14.4. The number of fused-ring (bicyclic) bond motifs is 1. The summed E-state index contributed by atoms with van der Waals surface area (Å²) in [5.41, 5.74) is 4.28. The Kier molecular flexibility index (Phi) is 14.6. The molecule has 2 atom stereocenters. The van der Waals surface area contributed by atoms with Gasteiger partial charge in [-0.25, -0.2) is 0 Å². The van der Waals surface area contributed by atoms with Gasteiger partial charge in [0.2, 0.25) is 11.7 Å². The second-order valence-electron chi connectivity index (χ2n) is 13.3. The summed E-state index contributed by atoms with van der Waals surface area (Å²) in [4.78, 5) is 20.9. The topological polar surface area (TPSA) is 83.9 Å². The molecule has 0 bridgehead atoms. The standard InChI is InChI=1S/C41H49N3O6.2ClH/c1-42-35-16-10-8-14-32(35)27-41(40(42)46,26-30-12-6-5-7-13-30)34-15-9-11-17-36(34)50-29-33(45)28-44-22-20-43(21-23-44)19-18-31-24-37(47-2)39(49-4)38(25-31)48-3;;/h5-17,24-25,33,45H,18-23,26-29H2,1-4H3;2*1H.